The number of esters is 1. The summed E-state index contributed by atoms with van der Waals surface area (Å²) in [5.74, 6) is 1.31. The maximum atomic E-state index is 12.4. The van der Waals surface area contributed by atoms with Gasteiger partial charge in [-0.25, -0.2) is 4.79 Å². The molecule has 4 aromatic rings. The van der Waals surface area contributed by atoms with E-state index in [1.54, 1.807) is 18.3 Å². The molecular formula is C29H27N3O3S. The van der Waals surface area contributed by atoms with E-state index in [4.69, 9.17) is 21.4 Å². The van der Waals surface area contributed by atoms with Crippen LogP contribution in [0.3, 0.4) is 0 Å². The van der Waals surface area contributed by atoms with Gasteiger partial charge in [0.25, 0.3) is 0 Å². The van der Waals surface area contributed by atoms with Crippen molar-refractivity contribution in [1.29, 1.82) is 0 Å². The number of nitrogens with zero attached hydrogens (tertiary/aromatic N) is 2. The van der Waals surface area contributed by atoms with Gasteiger partial charge in [0.05, 0.1) is 24.4 Å². The number of pyridine rings is 1. The van der Waals surface area contributed by atoms with E-state index in [0.717, 1.165) is 11.4 Å². The highest BCUT2D eigenvalue weighted by Crippen LogP contribution is 2.43. The number of carbonyl (C=O) groups excluding carboxylic acids is 1. The van der Waals surface area contributed by atoms with Gasteiger partial charge in [-0.3, -0.25) is 4.98 Å². The van der Waals surface area contributed by atoms with Crippen LogP contribution in [0.2, 0.25) is 0 Å². The van der Waals surface area contributed by atoms with E-state index in [1.807, 2.05) is 42.5 Å². The Balaban J connectivity index is 1.59. The lowest BCUT2D eigenvalue weighted by Gasteiger charge is -2.26. The van der Waals surface area contributed by atoms with Gasteiger partial charge < -0.3 is 19.4 Å². The van der Waals surface area contributed by atoms with Gasteiger partial charge >= 0.3 is 5.97 Å². The van der Waals surface area contributed by atoms with Crippen molar-refractivity contribution < 1.29 is 13.9 Å². The van der Waals surface area contributed by atoms with Gasteiger partial charge in [0.15, 0.2) is 5.11 Å². The fourth-order valence-electron chi connectivity index (χ4n) is 4.58. The molecule has 0 amide bonds. The number of nitrogens with one attached hydrogen (secondary N) is 1. The van der Waals surface area contributed by atoms with E-state index < -0.39 is 5.97 Å². The van der Waals surface area contributed by atoms with Crippen LogP contribution in [0, 0.1) is 0 Å². The monoisotopic (exact) mass is 497 g/mol. The molecule has 1 saturated heterocycles. The third-order valence-corrected chi connectivity index (χ3v) is 6.77. The molecule has 36 heavy (non-hydrogen) atoms. The van der Waals surface area contributed by atoms with Crippen molar-refractivity contribution in [3.8, 4) is 11.3 Å². The van der Waals surface area contributed by atoms with Crippen molar-refractivity contribution in [2.45, 2.75) is 31.8 Å². The molecule has 0 spiro atoms. The third kappa shape index (κ3) is 4.38. The number of aromatic nitrogens is 1. The Morgan fingerprint density at radius 1 is 1.03 bits per heavy atom. The van der Waals surface area contributed by atoms with Gasteiger partial charge in [0.2, 0.25) is 0 Å². The molecule has 7 heteroatoms. The van der Waals surface area contributed by atoms with E-state index in [1.165, 1.54) is 12.7 Å². The van der Waals surface area contributed by atoms with E-state index in [2.05, 4.69) is 53.3 Å². The molecule has 0 aliphatic carbocycles. The highest BCUT2D eigenvalue weighted by Gasteiger charge is 2.42. The summed E-state index contributed by atoms with van der Waals surface area (Å²) in [4.78, 5) is 19.0. The van der Waals surface area contributed by atoms with Crippen molar-refractivity contribution in [1.82, 2.24) is 10.3 Å². The van der Waals surface area contributed by atoms with Crippen LogP contribution < -0.4 is 10.2 Å². The average Bonchev–Trinajstić information content (AvgIpc) is 3.53. The fourth-order valence-corrected chi connectivity index (χ4v) is 4.93. The predicted octanol–water partition coefficient (Wildman–Crippen LogP) is 6.43. The summed E-state index contributed by atoms with van der Waals surface area (Å²) in [5.41, 5.74) is 4.20. The maximum Gasteiger partial charge on any atom is 0.338 e. The Morgan fingerprint density at radius 2 is 1.78 bits per heavy atom. The zero-order valence-electron chi connectivity index (χ0n) is 20.3. The molecule has 0 unspecified atom stereocenters. The summed E-state index contributed by atoms with van der Waals surface area (Å²) < 4.78 is 11.4. The first-order chi connectivity index (χ1) is 17.5. The van der Waals surface area contributed by atoms with Crippen molar-refractivity contribution in [3.63, 3.8) is 0 Å². The second-order valence-corrected chi connectivity index (χ2v) is 9.37. The quantitative estimate of drug-likeness (QED) is 0.243. The Bertz CT molecular complexity index is 1380. The molecule has 3 heterocycles. The normalized spacial score (nSPS) is 17.3. The number of rotatable bonds is 6. The smallest absolute Gasteiger partial charge is 0.338 e. The summed E-state index contributed by atoms with van der Waals surface area (Å²) in [7, 11) is 1.37. The first-order valence-corrected chi connectivity index (χ1v) is 12.3. The number of hydrogen-bond donors (Lipinski definition) is 1. The van der Waals surface area contributed by atoms with Gasteiger partial charge in [0, 0.05) is 17.4 Å². The highest BCUT2D eigenvalue weighted by atomic mass is 32.1. The molecular weight excluding hydrogens is 470 g/mol. The fraction of sp³-hybridized carbons (Fsp3) is 0.207. The summed E-state index contributed by atoms with van der Waals surface area (Å²) >= 11 is 5.82. The molecule has 0 radical (unpaired) electrons. The lowest BCUT2D eigenvalue weighted by atomic mass is 10.0. The molecule has 1 aliphatic heterocycles. The predicted molar refractivity (Wildman–Crippen MR) is 144 cm³/mol. The van der Waals surface area contributed by atoms with E-state index in [0.29, 0.717) is 33.7 Å². The van der Waals surface area contributed by atoms with Crippen LogP contribution in [-0.4, -0.2) is 23.2 Å². The molecule has 1 N–H and O–H groups in total. The van der Waals surface area contributed by atoms with Crippen LogP contribution in [0.15, 0.2) is 89.5 Å². The van der Waals surface area contributed by atoms with Gasteiger partial charge in [0.1, 0.15) is 17.6 Å². The van der Waals surface area contributed by atoms with Crippen molar-refractivity contribution in [2.24, 2.45) is 0 Å². The molecule has 0 bridgehead atoms. The van der Waals surface area contributed by atoms with Crippen molar-refractivity contribution >= 4 is 29.0 Å². The molecule has 1 aliphatic rings. The van der Waals surface area contributed by atoms with Gasteiger partial charge in [-0.1, -0.05) is 50.2 Å². The van der Waals surface area contributed by atoms with Gasteiger partial charge in [-0.05, 0) is 66.2 Å². The minimum atomic E-state index is -0.412. The number of hydrogen-bond acceptors (Lipinski definition) is 5. The number of ether oxygens (including phenoxy) is 1. The number of benzene rings is 2. The third-order valence-electron chi connectivity index (χ3n) is 6.45. The Labute approximate surface area is 215 Å². The number of thiocarbonyl (C=S) groups is 1. The molecule has 2 aromatic heterocycles. The van der Waals surface area contributed by atoms with Crippen molar-refractivity contribution in [3.05, 3.63) is 108 Å². The van der Waals surface area contributed by atoms with E-state index in [9.17, 15) is 4.79 Å². The number of anilines is 1. The Morgan fingerprint density at radius 3 is 2.47 bits per heavy atom. The maximum absolute atomic E-state index is 12.4. The molecule has 2 atom stereocenters. The first kappa shape index (κ1) is 23.8. The van der Waals surface area contributed by atoms with Crippen LogP contribution in [-0.2, 0) is 4.74 Å². The Hall–Kier alpha value is -3.97. The van der Waals surface area contributed by atoms with Crippen molar-refractivity contribution in [2.75, 3.05) is 12.0 Å². The zero-order chi connectivity index (χ0) is 25.2. The first-order valence-electron chi connectivity index (χ1n) is 11.9. The highest BCUT2D eigenvalue weighted by molar-refractivity contribution is 7.80. The molecule has 5 rings (SSSR count). The molecule has 182 valence electrons. The standard InChI is InChI=1S/C29H27N3O3S/c1-18(2)19-11-13-20(14-12-19)32-27(26(31-29(32)36)23-10-6-7-17-30-23)25-16-15-24(35-25)21-8-4-5-9-22(21)28(33)34-3/h4-18,26-27H,1-3H3,(H,31,36)/t26-,27+/m0/s1. The van der Waals surface area contributed by atoms with Crippen LogP contribution in [0.4, 0.5) is 5.69 Å². The van der Waals surface area contributed by atoms with Crippen LogP contribution in [0.1, 0.15) is 59.2 Å². The second-order valence-electron chi connectivity index (χ2n) is 8.98. The summed E-state index contributed by atoms with van der Waals surface area (Å²) in [6.07, 6.45) is 1.78. The van der Waals surface area contributed by atoms with Gasteiger partial charge in [-0.2, -0.15) is 0 Å². The topological polar surface area (TPSA) is 67.6 Å². The van der Waals surface area contributed by atoms with E-state index in [-0.39, 0.29) is 12.1 Å². The summed E-state index contributed by atoms with van der Waals surface area (Å²) in [5, 5.41) is 4.05. The zero-order valence-corrected chi connectivity index (χ0v) is 21.2. The summed E-state index contributed by atoms with van der Waals surface area (Å²) in [6.45, 7) is 4.35. The minimum Gasteiger partial charge on any atom is -0.465 e. The number of carbonyl (C=O) groups is 1. The average molecular weight is 498 g/mol. The largest absolute Gasteiger partial charge is 0.465 e. The molecule has 6 nitrogen and oxygen atoms in total. The lowest BCUT2D eigenvalue weighted by molar-refractivity contribution is 0.0601. The molecule has 1 fully saturated rings. The van der Waals surface area contributed by atoms with Crippen LogP contribution in [0.5, 0.6) is 0 Å². The minimum absolute atomic E-state index is 0.224. The SMILES string of the molecule is COC(=O)c1ccccc1-c1ccc([C@@H]2[C@H](c3ccccn3)NC(=S)N2c2ccc(C(C)C)cc2)o1. The van der Waals surface area contributed by atoms with Gasteiger partial charge in [-0.15, -0.1) is 0 Å². The Kier molecular flexibility index (Phi) is 6.57. The lowest BCUT2D eigenvalue weighted by Crippen LogP contribution is -2.29. The number of furan rings is 1. The van der Waals surface area contributed by atoms with Crippen LogP contribution in [0.25, 0.3) is 11.3 Å². The summed E-state index contributed by atoms with van der Waals surface area (Å²) in [6, 6.07) is 24.9. The van der Waals surface area contributed by atoms with E-state index >= 15 is 0 Å². The molecule has 0 saturated carbocycles. The van der Waals surface area contributed by atoms with Crippen LogP contribution >= 0.6 is 12.2 Å². The number of methoxy groups -OCH3 is 1. The second kappa shape index (κ2) is 9.95. The molecule has 2 aromatic carbocycles.